The zero-order valence-corrected chi connectivity index (χ0v) is 17.8. The molecule has 0 fully saturated rings. The lowest BCUT2D eigenvalue weighted by molar-refractivity contribution is 0.0483. The van der Waals surface area contributed by atoms with Gasteiger partial charge in [-0.1, -0.05) is 90.4 Å². The van der Waals surface area contributed by atoms with Crippen molar-refractivity contribution in [1.82, 2.24) is 0 Å². The number of ether oxygens (including phenoxy) is 1. The van der Waals surface area contributed by atoms with Crippen LogP contribution in [0.4, 0.5) is 22.0 Å². The van der Waals surface area contributed by atoms with Crippen LogP contribution < -0.4 is 0 Å². The Kier molecular flexibility index (Phi) is 13.4. The van der Waals surface area contributed by atoms with Gasteiger partial charge in [0.1, 0.15) is 5.56 Å². The maximum atomic E-state index is 13.5. The Morgan fingerprint density at radius 2 is 0.900 bits per heavy atom. The second-order valence-electron chi connectivity index (χ2n) is 7.68. The molecule has 172 valence electrons. The number of unbranched alkanes of at least 4 members (excludes halogenated alkanes) is 13. The molecular weight excluding hydrogens is 403 g/mol. The summed E-state index contributed by atoms with van der Waals surface area (Å²) in [7, 11) is 0. The number of halogens is 5. The van der Waals surface area contributed by atoms with E-state index < -0.39 is 40.6 Å². The SMILES string of the molecule is CCCCCCCCCCCCCCCCOC(=O)c1c(F)c(F)c(F)c(F)c1F. The van der Waals surface area contributed by atoms with Crippen LogP contribution in [-0.4, -0.2) is 12.6 Å². The maximum absolute atomic E-state index is 13.5. The molecule has 1 rings (SSSR count). The van der Waals surface area contributed by atoms with Crippen molar-refractivity contribution < 1.29 is 31.5 Å². The van der Waals surface area contributed by atoms with Crippen molar-refractivity contribution in [2.45, 2.75) is 96.8 Å². The van der Waals surface area contributed by atoms with Gasteiger partial charge in [-0.15, -0.1) is 0 Å². The molecule has 0 amide bonds. The van der Waals surface area contributed by atoms with Crippen molar-refractivity contribution in [1.29, 1.82) is 0 Å². The van der Waals surface area contributed by atoms with E-state index in [1.165, 1.54) is 57.8 Å². The second-order valence-corrected chi connectivity index (χ2v) is 7.68. The highest BCUT2D eigenvalue weighted by Gasteiger charge is 2.30. The first-order chi connectivity index (χ1) is 14.4. The highest BCUT2D eigenvalue weighted by atomic mass is 19.2. The van der Waals surface area contributed by atoms with Crippen LogP contribution in [0.5, 0.6) is 0 Å². The van der Waals surface area contributed by atoms with Crippen molar-refractivity contribution in [2.24, 2.45) is 0 Å². The van der Waals surface area contributed by atoms with Crippen LogP contribution in [0.15, 0.2) is 0 Å². The van der Waals surface area contributed by atoms with Crippen LogP contribution in [-0.2, 0) is 4.74 Å². The average Bonchev–Trinajstić information content (AvgIpc) is 2.73. The Bertz CT molecular complexity index is 620. The Balaban J connectivity index is 2.08. The number of esters is 1. The molecule has 30 heavy (non-hydrogen) atoms. The quantitative estimate of drug-likeness (QED) is 0.0862. The fourth-order valence-corrected chi connectivity index (χ4v) is 3.32. The third-order valence-electron chi connectivity index (χ3n) is 5.14. The summed E-state index contributed by atoms with van der Waals surface area (Å²) in [6.45, 7) is 2.09. The number of rotatable bonds is 16. The number of carbonyl (C=O) groups is 1. The first-order valence-corrected chi connectivity index (χ1v) is 11.1. The summed E-state index contributed by atoms with van der Waals surface area (Å²) in [6.07, 6.45) is 16.0. The number of hydrogen-bond donors (Lipinski definition) is 0. The molecule has 7 heteroatoms. The lowest BCUT2D eigenvalue weighted by Crippen LogP contribution is -2.15. The normalized spacial score (nSPS) is 11.1. The highest BCUT2D eigenvalue weighted by molar-refractivity contribution is 5.90. The standard InChI is InChI=1S/C23H33F5O2/c1-2-3-4-5-6-7-8-9-10-11-12-13-14-15-16-30-23(29)17-18(24)20(26)22(28)21(27)19(17)25/h2-16H2,1H3. The Labute approximate surface area is 176 Å². The van der Waals surface area contributed by atoms with Crippen molar-refractivity contribution in [3.05, 3.63) is 34.6 Å². The predicted molar refractivity (Wildman–Crippen MR) is 107 cm³/mol. The number of hydrogen-bond acceptors (Lipinski definition) is 2. The maximum Gasteiger partial charge on any atom is 0.344 e. The van der Waals surface area contributed by atoms with Gasteiger partial charge in [0.15, 0.2) is 23.3 Å². The fraction of sp³-hybridized carbons (Fsp3) is 0.696. The van der Waals surface area contributed by atoms with Gasteiger partial charge in [-0.2, -0.15) is 0 Å². The first-order valence-electron chi connectivity index (χ1n) is 11.1. The molecule has 1 aromatic rings. The van der Waals surface area contributed by atoms with E-state index >= 15 is 0 Å². The topological polar surface area (TPSA) is 26.3 Å². The van der Waals surface area contributed by atoms with Crippen LogP contribution in [0.2, 0.25) is 0 Å². The van der Waals surface area contributed by atoms with Gasteiger partial charge in [-0.25, -0.2) is 26.7 Å². The predicted octanol–water partition coefficient (Wildman–Crippen LogP) is 8.02. The van der Waals surface area contributed by atoms with Gasteiger partial charge < -0.3 is 4.74 Å². The van der Waals surface area contributed by atoms with Gasteiger partial charge in [-0.05, 0) is 6.42 Å². The molecule has 0 unspecified atom stereocenters. The molecule has 0 radical (unpaired) electrons. The molecule has 0 bridgehead atoms. The van der Waals surface area contributed by atoms with Crippen LogP contribution in [0.3, 0.4) is 0 Å². The Morgan fingerprint density at radius 3 is 1.30 bits per heavy atom. The summed E-state index contributed by atoms with van der Waals surface area (Å²) in [5, 5.41) is 0. The van der Waals surface area contributed by atoms with Gasteiger partial charge in [0.2, 0.25) is 5.82 Å². The third-order valence-corrected chi connectivity index (χ3v) is 5.14. The van der Waals surface area contributed by atoms with Crippen molar-refractivity contribution >= 4 is 5.97 Å². The molecule has 0 aliphatic rings. The van der Waals surface area contributed by atoms with Crippen LogP contribution in [0.1, 0.15) is 107 Å². The van der Waals surface area contributed by atoms with Crippen molar-refractivity contribution in [2.75, 3.05) is 6.61 Å². The molecule has 1 aromatic carbocycles. The fourth-order valence-electron chi connectivity index (χ4n) is 3.32. The number of benzene rings is 1. The summed E-state index contributed by atoms with van der Waals surface area (Å²) < 4.78 is 70.9. The molecule has 0 spiro atoms. The molecular formula is C23H33F5O2. The van der Waals surface area contributed by atoms with Gasteiger partial charge in [0.05, 0.1) is 6.61 Å². The monoisotopic (exact) mass is 436 g/mol. The van der Waals surface area contributed by atoms with E-state index in [1.807, 2.05) is 0 Å². The highest BCUT2D eigenvalue weighted by Crippen LogP contribution is 2.23. The lowest BCUT2D eigenvalue weighted by Gasteiger charge is -2.08. The van der Waals surface area contributed by atoms with E-state index in [0.29, 0.717) is 6.42 Å². The second kappa shape index (κ2) is 15.2. The molecule has 0 atom stereocenters. The molecule has 0 saturated heterocycles. The molecule has 0 heterocycles. The van der Waals surface area contributed by atoms with Gasteiger partial charge in [0.25, 0.3) is 0 Å². The van der Waals surface area contributed by atoms with E-state index in [0.717, 1.165) is 25.7 Å². The zero-order valence-electron chi connectivity index (χ0n) is 17.8. The van der Waals surface area contributed by atoms with E-state index in [-0.39, 0.29) is 6.61 Å². The lowest BCUT2D eigenvalue weighted by atomic mass is 10.0. The Morgan fingerprint density at radius 1 is 0.567 bits per heavy atom. The smallest absolute Gasteiger partial charge is 0.344 e. The Hall–Kier alpha value is -1.66. The minimum atomic E-state index is -2.30. The van der Waals surface area contributed by atoms with Gasteiger partial charge in [0, 0.05) is 0 Å². The van der Waals surface area contributed by atoms with Crippen molar-refractivity contribution in [3.8, 4) is 0 Å². The van der Waals surface area contributed by atoms with E-state index in [2.05, 4.69) is 11.7 Å². The zero-order chi connectivity index (χ0) is 22.4. The molecule has 2 nitrogen and oxygen atoms in total. The summed E-state index contributed by atoms with van der Waals surface area (Å²) in [4.78, 5) is 11.7. The van der Waals surface area contributed by atoms with E-state index in [4.69, 9.17) is 0 Å². The van der Waals surface area contributed by atoms with Crippen LogP contribution in [0.25, 0.3) is 0 Å². The summed E-state index contributed by atoms with van der Waals surface area (Å²) in [5.74, 6) is -12.5. The van der Waals surface area contributed by atoms with Crippen molar-refractivity contribution in [3.63, 3.8) is 0 Å². The summed E-state index contributed by atoms with van der Waals surface area (Å²) >= 11 is 0. The van der Waals surface area contributed by atoms with Crippen LogP contribution in [0, 0.1) is 29.1 Å². The molecule has 0 N–H and O–H groups in total. The molecule has 0 saturated carbocycles. The minimum absolute atomic E-state index is 0.129. The summed E-state index contributed by atoms with van der Waals surface area (Å²) in [5.41, 5.74) is -1.54. The van der Waals surface area contributed by atoms with E-state index in [9.17, 15) is 26.7 Å². The third kappa shape index (κ3) is 9.00. The minimum Gasteiger partial charge on any atom is -0.462 e. The molecule has 0 aliphatic heterocycles. The number of carbonyl (C=O) groups excluding carboxylic acids is 1. The molecule has 0 aromatic heterocycles. The van der Waals surface area contributed by atoms with Gasteiger partial charge >= 0.3 is 5.97 Å². The summed E-state index contributed by atoms with van der Waals surface area (Å²) in [6, 6.07) is 0. The first kappa shape index (κ1) is 26.4. The average molecular weight is 437 g/mol. The van der Waals surface area contributed by atoms with Gasteiger partial charge in [-0.3, -0.25) is 0 Å². The van der Waals surface area contributed by atoms with E-state index in [1.54, 1.807) is 0 Å². The van der Waals surface area contributed by atoms with Crippen LogP contribution >= 0.6 is 0 Å². The largest absolute Gasteiger partial charge is 0.462 e. The molecule has 0 aliphatic carbocycles.